The highest BCUT2D eigenvalue weighted by molar-refractivity contribution is 9.10. The molecule has 1 heterocycles. The van der Waals surface area contributed by atoms with E-state index in [9.17, 15) is 24.5 Å². The predicted molar refractivity (Wildman–Crippen MR) is 114 cm³/mol. The van der Waals surface area contributed by atoms with Crippen molar-refractivity contribution >= 4 is 50.7 Å². The molecule has 0 saturated heterocycles. The van der Waals surface area contributed by atoms with Gasteiger partial charge in [0.2, 0.25) is 11.8 Å². The van der Waals surface area contributed by atoms with Crippen LogP contribution in [0.2, 0.25) is 0 Å². The molecule has 3 amide bonds. The minimum Gasteiger partial charge on any atom is -0.332 e. The summed E-state index contributed by atoms with van der Waals surface area (Å²) < 4.78 is 0.259. The monoisotopic (exact) mass is 474 g/mol. The maximum atomic E-state index is 13.1. The van der Waals surface area contributed by atoms with Crippen molar-refractivity contribution in [2.45, 2.75) is 19.4 Å². The topological polar surface area (TPSA) is 113 Å². The Bertz CT molecular complexity index is 1040. The van der Waals surface area contributed by atoms with E-state index in [-0.39, 0.29) is 40.5 Å². The molecule has 1 aliphatic rings. The summed E-state index contributed by atoms with van der Waals surface area (Å²) in [4.78, 5) is 51.1. The number of hydrogen-bond donors (Lipinski definition) is 1. The van der Waals surface area contributed by atoms with Crippen LogP contribution in [0.1, 0.15) is 23.7 Å². The zero-order chi connectivity index (χ0) is 22.0. The van der Waals surface area contributed by atoms with Crippen LogP contribution in [0.5, 0.6) is 0 Å². The first-order valence-corrected chi connectivity index (χ1v) is 9.88. The summed E-state index contributed by atoms with van der Waals surface area (Å²) in [5, 5.41) is 13.9. The molecule has 0 aromatic heterocycles. The lowest BCUT2D eigenvalue weighted by molar-refractivity contribution is -0.385. The molecule has 3 rings (SSSR count). The van der Waals surface area contributed by atoms with Crippen LogP contribution >= 0.6 is 15.9 Å². The highest BCUT2D eigenvalue weighted by Gasteiger charge is 2.31. The summed E-state index contributed by atoms with van der Waals surface area (Å²) in [6, 6.07) is 10.6. The van der Waals surface area contributed by atoms with E-state index in [1.54, 1.807) is 31.2 Å². The fraction of sp³-hybridized carbons (Fsp3) is 0.250. The number of nitrogens with zero attached hydrogens (tertiary/aromatic N) is 3. The third-order valence-electron chi connectivity index (χ3n) is 4.74. The van der Waals surface area contributed by atoms with Crippen LogP contribution in [0.3, 0.4) is 0 Å². The Hall–Kier alpha value is -3.27. The maximum absolute atomic E-state index is 13.1. The molecule has 9 nitrogen and oxygen atoms in total. The van der Waals surface area contributed by atoms with Gasteiger partial charge in [0.15, 0.2) is 0 Å². The number of carbonyl (C=O) groups is 3. The number of carbonyl (C=O) groups excluding carboxylic acids is 3. The number of nitro benzene ring substituents is 1. The summed E-state index contributed by atoms with van der Waals surface area (Å²) in [7, 11) is 1.45. The maximum Gasteiger partial charge on any atom is 0.284 e. The number of likely N-dealkylation sites (N-methyl/N-ethyl adjacent to an activating group) is 1. The number of nitro groups is 1. The summed E-state index contributed by atoms with van der Waals surface area (Å²) in [5.74, 6) is -1.09. The van der Waals surface area contributed by atoms with E-state index in [1.165, 1.54) is 35.0 Å². The van der Waals surface area contributed by atoms with Gasteiger partial charge in [-0.3, -0.25) is 24.5 Å². The van der Waals surface area contributed by atoms with Gasteiger partial charge in [-0.1, -0.05) is 12.1 Å². The van der Waals surface area contributed by atoms with Crippen molar-refractivity contribution in [3.8, 4) is 0 Å². The van der Waals surface area contributed by atoms with E-state index in [0.717, 1.165) is 0 Å². The van der Waals surface area contributed by atoms with Crippen LogP contribution in [-0.2, 0) is 9.59 Å². The van der Waals surface area contributed by atoms with Gasteiger partial charge in [-0.2, -0.15) is 0 Å². The van der Waals surface area contributed by atoms with Crippen molar-refractivity contribution in [2.75, 3.05) is 23.8 Å². The molecule has 30 heavy (non-hydrogen) atoms. The van der Waals surface area contributed by atoms with Crippen LogP contribution in [0.4, 0.5) is 17.1 Å². The van der Waals surface area contributed by atoms with Gasteiger partial charge in [-0.15, -0.1) is 0 Å². The first-order valence-electron chi connectivity index (χ1n) is 9.09. The minimum absolute atomic E-state index is 0.0985. The van der Waals surface area contributed by atoms with Gasteiger partial charge in [0, 0.05) is 31.1 Å². The number of benzene rings is 2. The van der Waals surface area contributed by atoms with Gasteiger partial charge >= 0.3 is 0 Å². The molecule has 1 N–H and O–H groups in total. The highest BCUT2D eigenvalue weighted by atomic mass is 79.9. The number of halogens is 1. The number of nitrogens with one attached hydrogen (secondary N) is 1. The number of fused-ring (bicyclic) bond motifs is 1. The van der Waals surface area contributed by atoms with Gasteiger partial charge in [-0.25, -0.2) is 0 Å². The molecule has 0 saturated carbocycles. The van der Waals surface area contributed by atoms with Crippen LogP contribution in [0.15, 0.2) is 46.9 Å². The van der Waals surface area contributed by atoms with Gasteiger partial charge in [0.05, 0.1) is 20.8 Å². The van der Waals surface area contributed by atoms with Crippen molar-refractivity contribution in [1.29, 1.82) is 0 Å². The largest absolute Gasteiger partial charge is 0.332 e. The molecule has 156 valence electrons. The predicted octanol–water partition coefficient (Wildman–Crippen LogP) is 3.19. The van der Waals surface area contributed by atoms with Crippen LogP contribution < -0.4 is 10.2 Å². The van der Waals surface area contributed by atoms with E-state index in [1.807, 2.05) is 0 Å². The summed E-state index contributed by atoms with van der Waals surface area (Å²) >= 11 is 3.08. The smallest absolute Gasteiger partial charge is 0.284 e. The fourth-order valence-corrected chi connectivity index (χ4v) is 3.72. The Morgan fingerprint density at radius 2 is 2.00 bits per heavy atom. The number of rotatable bonds is 4. The Labute approximate surface area is 180 Å². The molecule has 0 bridgehead atoms. The second kappa shape index (κ2) is 8.62. The summed E-state index contributed by atoms with van der Waals surface area (Å²) in [6.45, 7) is 1.51. The van der Waals surface area contributed by atoms with Crippen LogP contribution in [0, 0.1) is 10.1 Å². The Morgan fingerprint density at radius 3 is 2.70 bits per heavy atom. The van der Waals surface area contributed by atoms with Gasteiger partial charge in [0.25, 0.3) is 11.6 Å². The lowest BCUT2D eigenvalue weighted by Gasteiger charge is -2.29. The minimum atomic E-state index is -0.591. The fourth-order valence-electron chi connectivity index (χ4n) is 3.32. The molecule has 1 aliphatic heterocycles. The summed E-state index contributed by atoms with van der Waals surface area (Å²) in [6.07, 6.45) is 0.122. The molecule has 2 aromatic carbocycles. The van der Waals surface area contributed by atoms with Crippen molar-refractivity contribution in [1.82, 2.24) is 4.90 Å². The van der Waals surface area contributed by atoms with Crippen molar-refractivity contribution < 1.29 is 19.3 Å². The molecule has 2 aromatic rings. The molecular formula is C20H19BrN4O5. The summed E-state index contributed by atoms with van der Waals surface area (Å²) in [5.41, 5.74) is 0.945. The van der Waals surface area contributed by atoms with E-state index in [4.69, 9.17) is 0 Å². The zero-order valence-electron chi connectivity index (χ0n) is 16.3. The Morgan fingerprint density at radius 1 is 1.30 bits per heavy atom. The third kappa shape index (κ3) is 4.33. The van der Waals surface area contributed by atoms with Crippen molar-refractivity contribution in [3.05, 3.63) is 62.6 Å². The van der Waals surface area contributed by atoms with E-state index < -0.39 is 16.9 Å². The third-order valence-corrected chi connectivity index (χ3v) is 5.41. The second-order valence-corrected chi connectivity index (χ2v) is 7.82. The second-order valence-electron chi connectivity index (χ2n) is 6.97. The first kappa shape index (κ1) is 21.4. The van der Waals surface area contributed by atoms with Crippen molar-refractivity contribution in [2.24, 2.45) is 0 Å². The lowest BCUT2D eigenvalue weighted by Crippen LogP contribution is -2.45. The quantitative estimate of drug-likeness (QED) is 0.539. The molecule has 0 spiro atoms. The Kier molecular flexibility index (Phi) is 6.16. The number of amides is 3. The average Bonchev–Trinajstić information content (AvgIpc) is 2.81. The SMILES string of the molecule is CC1CC(=O)Nc2ccccc2N1C(=O)CN(C)C(=O)c1ccc(Br)c([N+](=O)[O-])c1. The average molecular weight is 475 g/mol. The standard InChI is InChI=1S/C20H19BrN4O5/c1-12-9-18(26)22-15-5-3-4-6-16(15)24(12)19(27)11-23(2)20(28)13-7-8-14(21)17(10-13)25(29)30/h3-8,10,12H,9,11H2,1-2H3,(H,22,26). The van der Waals surface area contributed by atoms with Gasteiger partial charge < -0.3 is 15.1 Å². The first-order chi connectivity index (χ1) is 14.2. The van der Waals surface area contributed by atoms with Gasteiger partial charge in [-0.05, 0) is 47.1 Å². The number of anilines is 2. The van der Waals surface area contributed by atoms with Crippen LogP contribution in [-0.4, -0.2) is 47.2 Å². The van der Waals surface area contributed by atoms with Crippen LogP contribution in [0.25, 0.3) is 0 Å². The highest BCUT2D eigenvalue weighted by Crippen LogP contribution is 2.31. The molecule has 0 radical (unpaired) electrons. The zero-order valence-corrected chi connectivity index (χ0v) is 17.9. The molecule has 1 atom stereocenters. The Balaban J connectivity index is 1.83. The molecule has 0 fully saturated rings. The molecule has 0 aliphatic carbocycles. The lowest BCUT2D eigenvalue weighted by atomic mass is 10.1. The molecular weight excluding hydrogens is 456 g/mol. The normalized spacial score (nSPS) is 15.6. The number of para-hydroxylation sites is 2. The van der Waals surface area contributed by atoms with E-state index in [0.29, 0.717) is 11.4 Å². The number of hydrogen-bond acceptors (Lipinski definition) is 5. The van der Waals surface area contributed by atoms with E-state index in [2.05, 4.69) is 21.2 Å². The van der Waals surface area contributed by atoms with E-state index >= 15 is 0 Å². The van der Waals surface area contributed by atoms with Gasteiger partial charge in [0.1, 0.15) is 6.54 Å². The molecule has 1 unspecified atom stereocenters. The molecule has 10 heteroatoms. The van der Waals surface area contributed by atoms with Crippen molar-refractivity contribution in [3.63, 3.8) is 0 Å².